The van der Waals surface area contributed by atoms with Crippen molar-refractivity contribution < 1.29 is 9.90 Å². The number of hydrogen-bond donors (Lipinski definition) is 2. The first kappa shape index (κ1) is 11.9. The minimum absolute atomic E-state index is 0.343. The van der Waals surface area contributed by atoms with Gasteiger partial charge in [-0.15, -0.1) is 0 Å². The molecule has 0 unspecified atom stereocenters. The Labute approximate surface area is 101 Å². The number of nitrogens with zero attached hydrogens (tertiary/aromatic N) is 1. The molecule has 1 aromatic rings. The molecule has 17 heavy (non-hydrogen) atoms. The first-order valence-electron chi connectivity index (χ1n) is 6.03. The zero-order chi connectivity index (χ0) is 12.3. The Bertz CT molecular complexity index is 412. The molecule has 1 aliphatic heterocycles. The van der Waals surface area contributed by atoms with Crippen LogP contribution in [0.25, 0.3) is 0 Å². The highest BCUT2D eigenvalue weighted by Gasteiger charge is 2.16. The Morgan fingerprint density at radius 3 is 2.65 bits per heavy atom. The maximum absolute atomic E-state index is 11.2. The molecule has 0 aliphatic carbocycles. The average molecular weight is 234 g/mol. The summed E-state index contributed by atoms with van der Waals surface area (Å²) in [7, 11) is 0. The molecule has 0 radical (unpaired) electrons. The molecule has 92 valence electrons. The molecular formula is C13H18N2O2. The van der Waals surface area contributed by atoms with Gasteiger partial charge in [0.1, 0.15) is 0 Å². The van der Waals surface area contributed by atoms with Crippen molar-refractivity contribution in [1.29, 1.82) is 0 Å². The molecule has 0 spiro atoms. The number of nitrogens with one attached hydrogen (secondary N) is 1. The minimum atomic E-state index is -0.881. The van der Waals surface area contributed by atoms with Gasteiger partial charge in [-0.25, -0.2) is 9.80 Å². The standard InChI is InChI=1S/C13H18N2O2/c1-10-6-5-7-11(13(16)17)12(10)14-15-8-3-2-4-9-15/h5-7,14H,2-4,8-9H2,1H3,(H,16,17). The number of hydrogen-bond acceptors (Lipinski definition) is 3. The second-order valence-electron chi connectivity index (χ2n) is 4.46. The molecule has 0 atom stereocenters. The fourth-order valence-corrected chi connectivity index (χ4v) is 2.16. The number of anilines is 1. The lowest BCUT2D eigenvalue weighted by Gasteiger charge is -2.29. The van der Waals surface area contributed by atoms with Crippen LogP contribution in [0.2, 0.25) is 0 Å². The molecule has 1 heterocycles. The van der Waals surface area contributed by atoms with Crippen molar-refractivity contribution in [3.8, 4) is 0 Å². The van der Waals surface area contributed by atoms with Crippen LogP contribution in [0.3, 0.4) is 0 Å². The van der Waals surface area contributed by atoms with Crippen LogP contribution < -0.4 is 5.43 Å². The lowest BCUT2D eigenvalue weighted by Crippen LogP contribution is -2.35. The lowest BCUT2D eigenvalue weighted by atomic mass is 10.1. The highest BCUT2D eigenvalue weighted by molar-refractivity contribution is 5.94. The lowest BCUT2D eigenvalue weighted by molar-refractivity contribution is 0.0697. The molecular weight excluding hydrogens is 216 g/mol. The van der Waals surface area contributed by atoms with Crippen LogP contribution in [0.15, 0.2) is 18.2 Å². The summed E-state index contributed by atoms with van der Waals surface area (Å²) >= 11 is 0. The van der Waals surface area contributed by atoms with E-state index in [-0.39, 0.29) is 0 Å². The number of carbonyl (C=O) groups is 1. The number of aryl methyl sites for hydroxylation is 1. The van der Waals surface area contributed by atoms with E-state index >= 15 is 0 Å². The molecule has 0 aromatic heterocycles. The van der Waals surface area contributed by atoms with E-state index in [4.69, 9.17) is 5.11 Å². The Balaban J connectivity index is 2.21. The van der Waals surface area contributed by atoms with E-state index in [0.29, 0.717) is 5.56 Å². The second-order valence-corrected chi connectivity index (χ2v) is 4.46. The molecule has 1 fully saturated rings. The van der Waals surface area contributed by atoms with Crippen LogP contribution in [-0.2, 0) is 0 Å². The van der Waals surface area contributed by atoms with Crippen LogP contribution in [0, 0.1) is 6.92 Å². The highest BCUT2D eigenvalue weighted by Crippen LogP contribution is 2.22. The van der Waals surface area contributed by atoms with E-state index in [1.807, 2.05) is 13.0 Å². The topological polar surface area (TPSA) is 52.6 Å². The number of para-hydroxylation sites is 1. The number of aromatic carboxylic acids is 1. The second kappa shape index (κ2) is 5.19. The van der Waals surface area contributed by atoms with Gasteiger partial charge in [0.25, 0.3) is 0 Å². The molecule has 4 nitrogen and oxygen atoms in total. The molecule has 4 heteroatoms. The Kier molecular flexibility index (Phi) is 3.64. The predicted molar refractivity (Wildman–Crippen MR) is 67.2 cm³/mol. The molecule has 1 aromatic carbocycles. The summed E-state index contributed by atoms with van der Waals surface area (Å²) in [6.45, 7) is 3.89. The average Bonchev–Trinajstić information content (AvgIpc) is 2.33. The maximum atomic E-state index is 11.2. The van der Waals surface area contributed by atoms with E-state index in [0.717, 1.165) is 24.3 Å². The summed E-state index contributed by atoms with van der Waals surface area (Å²) in [5.74, 6) is -0.881. The van der Waals surface area contributed by atoms with Gasteiger partial charge in [-0.05, 0) is 31.4 Å². The van der Waals surface area contributed by atoms with Gasteiger partial charge in [-0.2, -0.15) is 0 Å². The molecule has 2 N–H and O–H groups in total. The van der Waals surface area contributed by atoms with Crippen molar-refractivity contribution in [2.45, 2.75) is 26.2 Å². The fourth-order valence-electron chi connectivity index (χ4n) is 2.16. The number of carboxylic acid groups (broad SMARTS) is 1. The highest BCUT2D eigenvalue weighted by atomic mass is 16.4. The molecule has 1 aliphatic rings. The maximum Gasteiger partial charge on any atom is 0.337 e. The third kappa shape index (κ3) is 2.77. The van der Waals surface area contributed by atoms with Crippen molar-refractivity contribution >= 4 is 11.7 Å². The van der Waals surface area contributed by atoms with E-state index < -0.39 is 5.97 Å². The number of piperidine rings is 1. The third-order valence-electron chi connectivity index (χ3n) is 3.13. The van der Waals surface area contributed by atoms with Gasteiger partial charge in [-0.3, -0.25) is 0 Å². The summed E-state index contributed by atoms with van der Waals surface area (Å²) in [4.78, 5) is 11.2. The summed E-state index contributed by atoms with van der Waals surface area (Å²) in [6.07, 6.45) is 3.60. The number of hydrazine groups is 1. The summed E-state index contributed by atoms with van der Waals surface area (Å²) in [5, 5.41) is 11.3. The summed E-state index contributed by atoms with van der Waals surface area (Å²) in [6, 6.07) is 5.35. The van der Waals surface area contributed by atoms with Gasteiger partial charge >= 0.3 is 5.97 Å². The first-order valence-corrected chi connectivity index (χ1v) is 6.03. The van der Waals surface area contributed by atoms with Crippen LogP contribution in [0.4, 0.5) is 5.69 Å². The van der Waals surface area contributed by atoms with Crippen LogP contribution >= 0.6 is 0 Å². The Morgan fingerprint density at radius 2 is 2.00 bits per heavy atom. The smallest absolute Gasteiger partial charge is 0.337 e. The zero-order valence-electron chi connectivity index (χ0n) is 10.1. The largest absolute Gasteiger partial charge is 0.478 e. The molecule has 0 amide bonds. The van der Waals surface area contributed by atoms with Crippen molar-refractivity contribution in [2.24, 2.45) is 0 Å². The number of rotatable bonds is 3. The number of carboxylic acids is 1. The van der Waals surface area contributed by atoms with Crippen molar-refractivity contribution in [3.05, 3.63) is 29.3 Å². The minimum Gasteiger partial charge on any atom is -0.478 e. The molecule has 0 bridgehead atoms. The number of benzene rings is 1. The SMILES string of the molecule is Cc1cccc(C(=O)O)c1NN1CCCCC1. The van der Waals surface area contributed by atoms with Gasteiger partial charge in [0.2, 0.25) is 0 Å². The van der Waals surface area contributed by atoms with E-state index in [1.165, 1.54) is 19.3 Å². The fraction of sp³-hybridized carbons (Fsp3) is 0.462. The molecule has 2 rings (SSSR count). The molecule has 1 saturated heterocycles. The Morgan fingerprint density at radius 1 is 1.29 bits per heavy atom. The first-order chi connectivity index (χ1) is 8.18. The third-order valence-corrected chi connectivity index (χ3v) is 3.13. The van der Waals surface area contributed by atoms with E-state index in [2.05, 4.69) is 10.4 Å². The van der Waals surface area contributed by atoms with Gasteiger partial charge in [0.15, 0.2) is 0 Å². The monoisotopic (exact) mass is 234 g/mol. The molecule has 0 saturated carbocycles. The predicted octanol–water partition coefficient (Wildman–Crippen LogP) is 2.51. The van der Waals surface area contributed by atoms with E-state index in [9.17, 15) is 4.79 Å². The normalized spacial score (nSPS) is 16.8. The van der Waals surface area contributed by atoms with Crippen molar-refractivity contribution in [2.75, 3.05) is 18.5 Å². The Hall–Kier alpha value is -1.55. The van der Waals surface area contributed by atoms with Crippen molar-refractivity contribution in [1.82, 2.24) is 5.01 Å². The van der Waals surface area contributed by atoms with Crippen molar-refractivity contribution in [3.63, 3.8) is 0 Å². The van der Waals surface area contributed by atoms with Crippen LogP contribution in [-0.4, -0.2) is 29.2 Å². The van der Waals surface area contributed by atoms with Gasteiger partial charge in [0.05, 0.1) is 11.3 Å². The van der Waals surface area contributed by atoms with Gasteiger partial charge < -0.3 is 10.5 Å². The van der Waals surface area contributed by atoms with Crippen LogP contribution in [0.1, 0.15) is 35.2 Å². The zero-order valence-corrected chi connectivity index (χ0v) is 10.1. The van der Waals surface area contributed by atoms with Crippen LogP contribution in [0.5, 0.6) is 0 Å². The summed E-state index contributed by atoms with van der Waals surface area (Å²) < 4.78 is 0. The summed E-state index contributed by atoms with van der Waals surface area (Å²) in [5.41, 5.74) is 5.29. The quantitative estimate of drug-likeness (QED) is 0.843. The van der Waals surface area contributed by atoms with Gasteiger partial charge in [-0.1, -0.05) is 18.6 Å². The van der Waals surface area contributed by atoms with E-state index in [1.54, 1.807) is 12.1 Å². The van der Waals surface area contributed by atoms with Gasteiger partial charge in [0, 0.05) is 13.1 Å².